The summed E-state index contributed by atoms with van der Waals surface area (Å²) >= 11 is 0. The van der Waals surface area contributed by atoms with Crippen LogP contribution in [0.2, 0.25) is 0 Å². The first kappa shape index (κ1) is 10.2. The minimum Gasteiger partial charge on any atom is -0.476 e. The first-order chi connectivity index (χ1) is 7.61. The zero-order valence-corrected chi connectivity index (χ0v) is 8.71. The van der Waals surface area contributed by atoms with Crippen molar-refractivity contribution in [1.82, 2.24) is 9.55 Å². The Morgan fingerprint density at radius 2 is 2.00 bits per heavy atom. The van der Waals surface area contributed by atoms with Gasteiger partial charge in [0.25, 0.3) is 0 Å². The molecule has 1 aromatic carbocycles. The molecule has 2 rings (SSSR count). The number of nitrogen functional groups attached to an aromatic ring is 1. The highest BCUT2D eigenvalue weighted by Crippen LogP contribution is 2.19. The van der Waals surface area contributed by atoms with E-state index in [1.165, 1.54) is 0 Å². The molecule has 82 valence electrons. The normalized spacial score (nSPS) is 10.3. The van der Waals surface area contributed by atoms with Crippen LogP contribution in [0.4, 0.5) is 5.82 Å². The van der Waals surface area contributed by atoms with Gasteiger partial charge in [-0.25, -0.2) is 9.78 Å². The number of para-hydroxylation sites is 1. The highest BCUT2D eigenvalue weighted by molar-refractivity contribution is 5.91. The molecule has 0 amide bonds. The van der Waals surface area contributed by atoms with Crippen LogP contribution in [0.15, 0.2) is 30.3 Å². The SMILES string of the molecule is Cc1nc(C(=O)O)c(N)n1-c1ccccc1. The number of benzene rings is 1. The van der Waals surface area contributed by atoms with Crippen molar-refractivity contribution >= 4 is 11.8 Å². The highest BCUT2D eigenvalue weighted by Gasteiger charge is 2.18. The molecule has 2 aromatic rings. The van der Waals surface area contributed by atoms with E-state index in [0.717, 1.165) is 5.69 Å². The lowest BCUT2D eigenvalue weighted by molar-refractivity contribution is 0.0692. The number of nitrogens with two attached hydrogens (primary N) is 1. The molecule has 0 aliphatic carbocycles. The molecular weight excluding hydrogens is 206 g/mol. The average Bonchev–Trinajstić information content (AvgIpc) is 2.56. The summed E-state index contributed by atoms with van der Waals surface area (Å²) in [5, 5.41) is 8.89. The lowest BCUT2D eigenvalue weighted by atomic mass is 10.3. The molecule has 3 N–H and O–H groups in total. The molecule has 0 aliphatic rings. The van der Waals surface area contributed by atoms with Gasteiger partial charge in [-0.3, -0.25) is 4.57 Å². The number of carboxylic acid groups (broad SMARTS) is 1. The van der Waals surface area contributed by atoms with Crippen molar-refractivity contribution in [3.8, 4) is 5.69 Å². The predicted octanol–water partition coefficient (Wildman–Crippen LogP) is 1.46. The fourth-order valence-corrected chi connectivity index (χ4v) is 1.61. The Hall–Kier alpha value is -2.30. The van der Waals surface area contributed by atoms with Crippen molar-refractivity contribution in [1.29, 1.82) is 0 Å². The van der Waals surface area contributed by atoms with E-state index in [4.69, 9.17) is 10.8 Å². The zero-order valence-electron chi connectivity index (χ0n) is 8.71. The second-order valence-electron chi connectivity index (χ2n) is 3.37. The van der Waals surface area contributed by atoms with Crippen LogP contribution in [0.1, 0.15) is 16.3 Å². The summed E-state index contributed by atoms with van der Waals surface area (Å²) < 4.78 is 1.61. The summed E-state index contributed by atoms with van der Waals surface area (Å²) in [6, 6.07) is 9.28. The number of hydrogen-bond donors (Lipinski definition) is 2. The van der Waals surface area contributed by atoms with Gasteiger partial charge >= 0.3 is 5.97 Å². The second kappa shape index (κ2) is 3.69. The van der Waals surface area contributed by atoms with E-state index in [1.807, 2.05) is 30.3 Å². The number of carboxylic acids is 1. The molecule has 0 unspecified atom stereocenters. The number of hydrogen-bond acceptors (Lipinski definition) is 3. The Morgan fingerprint density at radius 3 is 2.50 bits per heavy atom. The molecule has 0 fully saturated rings. The third kappa shape index (κ3) is 1.52. The van der Waals surface area contributed by atoms with Crippen LogP contribution in [0.3, 0.4) is 0 Å². The van der Waals surface area contributed by atoms with E-state index in [0.29, 0.717) is 5.82 Å². The van der Waals surface area contributed by atoms with Gasteiger partial charge in [-0.1, -0.05) is 18.2 Å². The molecule has 0 spiro atoms. The van der Waals surface area contributed by atoms with Crippen LogP contribution >= 0.6 is 0 Å². The predicted molar refractivity (Wildman–Crippen MR) is 59.7 cm³/mol. The number of aromatic nitrogens is 2. The van der Waals surface area contributed by atoms with E-state index in [2.05, 4.69) is 4.98 Å². The third-order valence-corrected chi connectivity index (χ3v) is 2.30. The summed E-state index contributed by atoms with van der Waals surface area (Å²) in [5.41, 5.74) is 6.45. The van der Waals surface area contributed by atoms with Crippen molar-refractivity contribution in [3.63, 3.8) is 0 Å². The second-order valence-corrected chi connectivity index (χ2v) is 3.37. The molecule has 0 radical (unpaired) electrons. The van der Waals surface area contributed by atoms with Gasteiger partial charge in [0.1, 0.15) is 11.6 Å². The van der Waals surface area contributed by atoms with Gasteiger partial charge in [0, 0.05) is 5.69 Å². The smallest absolute Gasteiger partial charge is 0.358 e. The number of aromatic carboxylic acids is 1. The number of nitrogens with zero attached hydrogens (tertiary/aromatic N) is 2. The number of imidazole rings is 1. The standard InChI is InChI=1S/C11H11N3O2/c1-7-13-9(11(15)16)10(12)14(7)8-5-3-2-4-6-8/h2-6H,12H2,1H3,(H,15,16). The van der Waals surface area contributed by atoms with Crippen molar-refractivity contribution in [3.05, 3.63) is 41.9 Å². The molecule has 0 aliphatic heterocycles. The Bertz CT molecular complexity index is 532. The lowest BCUT2D eigenvalue weighted by Gasteiger charge is -2.06. The Kier molecular flexibility index (Phi) is 2.36. The minimum atomic E-state index is -1.12. The van der Waals surface area contributed by atoms with Gasteiger partial charge in [-0.2, -0.15) is 0 Å². The third-order valence-electron chi connectivity index (χ3n) is 2.30. The first-order valence-corrected chi connectivity index (χ1v) is 4.75. The molecule has 16 heavy (non-hydrogen) atoms. The largest absolute Gasteiger partial charge is 0.476 e. The van der Waals surface area contributed by atoms with E-state index >= 15 is 0 Å². The topological polar surface area (TPSA) is 81.1 Å². The summed E-state index contributed by atoms with van der Waals surface area (Å²) in [7, 11) is 0. The molecule has 1 heterocycles. The highest BCUT2D eigenvalue weighted by atomic mass is 16.4. The number of aryl methyl sites for hydroxylation is 1. The minimum absolute atomic E-state index is 0.110. The van der Waals surface area contributed by atoms with Crippen LogP contribution < -0.4 is 5.73 Å². The first-order valence-electron chi connectivity index (χ1n) is 4.75. The van der Waals surface area contributed by atoms with E-state index < -0.39 is 5.97 Å². The molecule has 0 saturated carbocycles. The average molecular weight is 217 g/mol. The fourth-order valence-electron chi connectivity index (χ4n) is 1.61. The molecule has 5 nitrogen and oxygen atoms in total. The summed E-state index contributed by atoms with van der Waals surface area (Å²) in [6.45, 7) is 1.72. The fraction of sp³-hybridized carbons (Fsp3) is 0.0909. The Labute approximate surface area is 92.2 Å². The monoisotopic (exact) mass is 217 g/mol. The Balaban J connectivity index is 2.63. The molecular formula is C11H11N3O2. The van der Waals surface area contributed by atoms with Crippen molar-refractivity contribution in [2.45, 2.75) is 6.92 Å². The summed E-state index contributed by atoms with van der Waals surface area (Å²) in [5.74, 6) is -0.410. The van der Waals surface area contributed by atoms with Gasteiger partial charge in [0.15, 0.2) is 5.69 Å². The van der Waals surface area contributed by atoms with E-state index in [1.54, 1.807) is 11.5 Å². The lowest BCUT2D eigenvalue weighted by Crippen LogP contribution is -2.05. The van der Waals surface area contributed by atoms with Gasteiger partial charge in [0.2, 0.25) is 0 Å². The van der Waals surface area contributed by atoms with Crippen molar-refractivity contribution in [2.24, 2.45) is 0 Å². The van der Waals surface area contributed by atoms with Crippen LogP contribution in [0, 0.1) is 6.92 Å². The van der Waals surface area contributed by atoms with Crippen LogP contribution in [0.5, 0.6) is 0 Å². The molecule has 0 atom stereocenters. The van der Waals surface area contributed by atoms with Gasteiger partial charge in [-0.05, 0) is 19.1 Å². The van der Waals surface area contributed by atoms with E-state index in [9.17, 15) is 4.79 Å². The van der Waals surface area contributed by atoms with Gasteiger partial charge < -0.3 is 10.8 Å². The molecule has 0 bridgehead atoms. The summed E-state index contributed by atoms with van der Waals surface area (Å²) in [6.07, 6.45) is 0. The Morgan fingerprint density at radius 1 is 1.38 bits per heavy atom. The zero-order chi connectivity index (χ0) is 11.7. The maximum atomic E-state index is 10.9. The van der Waals surface area contributed by atoms with Crippen LogP contribution in [0.25, 0.3) is 5.69 Å². The van der Waals surface area contributed by atoms with E-state index in [-0.39, 0.29) is 11.5 Å². The molecule has 1 aromatic heterocycles. The maximum Gasteiger partial charge on any atom is 0.358 e. The van der Waals surface area contributed by atoms with Crippen LogP contribution in [-0.4, -0.2) is 20.6 Å². The molecule has 5 heteroatoms. The molecule has 0 saturated heterocycles. The van der Waals surface area contributed by atoms with Crippen LogP contribution in [-0.2, 0) is 0 Å². The summed E-state index contributed by atoms with van der Waals surface area (Å²) in [4.78, 5) is 14.8. The number of carbonyl (C=O) groups is 1. The number of anilines is 1. The number of rotatable bonds is 2. The quantitative estimate of drug-likeness (QED) is 0.797. The van der Waals surface area contributed by atoms with Crippen molar-refractivity contribution in [2.75, 3.05) is 5.73 Å². The van der Waals surface area contributed by atoms with Gasteiger partial charge in [0.05, 0.1) is 0 Å². The maximum absolute atomic E-state index is 10.9. The van der Waals surface area contributed by atoms with Gasteiger partial charge in [-0.15, -0.1) is 0 Å². The van der Waals surface area contributed by atoms with Crippen molar-refractivity contribution < 1.29 is 9.90 Å².